The summed E-state index contributed by atoms with van der Waals surface area (Å²) in [5, 5.41) is 3.52. The van der Waals surface area contributed by atoms with E-state index in [1.54, 1.807) is 12.1 Å². The van der Waals surface area contributed by atoms with Gasteiger partial charge in [0.1, 0.15) is 11.5 Å². The van der Waals surface area contributed by atoms with Crippen LogP contribution in [0.15, 0.2) is 12.1 Å². The van der Waals surface area contributed by atoms with Crippen molar-refractivity contribution in [2.24, 2.45) is 0 Å². The number of anilines is 1. The first-order valence-corrected chi connectivity index (χ1v) is 7.84. The monoisotopic (exact) mass is 310 g/mol. The van der Waals surface area contributed by atoms with E-state index in [2.05, 4.69) is 29.0 Å². The van der Waals surface area contributed by atoms with E-state index in [4.69, 9.17) is 11.6 Å². The number of nitrogens with zero attached hydrogens (tertiary/aromatic N) is 3. The van der Waals surface area contributed by atoms with Gasteiger partial charge >= 0.3 is 0 Å². The van der Waals surface area contributed by atoms with Crippen molar-refractivity contribution in [2.45, 2.75) is 26.8 Å². The molecule has 1 aliphatic heterocycles. The molecular weight excluding hydrogens is 288 g/mol. The second kappa shape index (κ2) is 7.09. The Morgan fingerprint density at radius 2 is 2.00 bits per heavy atom. The Labute approximate surface area is 131 Å². The minimum Gasteiger partial charge on any atom is -0.370 e. The molecule has 1 saturated heterocycles. The summed E-state index contributed by atoms with van der Waals surface area (Å²) >= 11 is 6.14. The van der Waals surface area contributed by atoms with Crippen LogP contribution >= 0.6 is 11.6 Å². The van der Waals surface area contributed by atoms with E-state index in [0.29, 0.717) is 22.6 Å². The largest absolute Gasteiger partial charge is 0.370 e. The van der Waals surface area contributed by atoms with Gasteiger partial charge in [0.05, 0.1) is 5.02 Å². The van der Waals surface area contributed by atoms with Crippen molar-refractivity contribution >= 4 is 23.3 Å². The minimum atomic E-state index is -0.0804. The molecule has 0 saturated carbocycles. The van der Waals surface area contributed by atoms with Crippen molar-refractivity contribution in [1.82, 2.24) is 14.8 Å². The molecule has 2 heterocycles. The summed E-state index contributed by atoms with van der Waals surface area (Å²) in [5.74, 6) is 0.606. The first kappa shape index (κ1) is 16.0. The van der Waals surface area contributed by atoms with Crippen LogP contribution < -0.4 is 5.32 Å². The van der Waals surface area contributed by atoms with Crippen molar-refractivity contribution < 1.29 is 4.79 Å². The number of piperazine rings is 1. The maximum Gasteiger partial charge on any atom is 0.274 e. The summed E-state index contributed by atoms with van der Waals surface area (Å²) < 4.78 is 0. The SMILES string of the molecule is CCNc1ccc(Cl)c(C(=O)N2CCN(C(C)C)CC2)n1. The summed E-state index contributed by atoms with van der Waals surface area (Å²) in [4.78, 5) is 21.1. The summed E-state index contributed by atoms with van der Waals surface area (Å²) in [5.41, 5.74) is 0.341. The molecule has 1 aromatic rings. The molecule has 0 aromatic carbocycles. The highest BCUT2D eigenvalue weighted by atomic mass is 35.5. The van der Waals surface area contributed by atoms with Gasteiger partial charge in [0.15, 0.2) is 0 Å². The first-order valence-electron chi connectivity index (χ1n) is 7.46. The van der Waals surface area contributed by atoms with Crippen LogP contribution in [0.5, 0.6) is 0 Å². The zero-order valence-electron chi connectivity index (χ0n) is 12.9. The zero-order chi connectivity index (χ0) is 15.4. The maximum absolute atomic E-state index is 12.6. The highest BCUT2D eigenvalue weighted by Crippen LogP contribution is 2.19. The van der Waals surface area contributed by atoms with Crippen LogP contribution in [0, 0.1) is 0 Å². The molecule has 0 aliphatic carbocycles. The lowest BCUT2D eigenvalue weighted by molar-refractivity contribution is 0.0590. The fourth-order valence-corrected chi connectivity index (χ4v) is 2.65. The number of nitrogens with one attached hydrogen (secondary N) is 1. The van der Waals surface area contributed by atoms with E-state index < -0.39 is 0 Å². The molecule has 0 radical (unpaired) electrons. The molecule has 21 heavy (non-hydrogen) atoms. The predicted octanol–water partition coefficient (Wildman–Crippen LogP) is 2.33. The third kappa shape index (κ3) is 3.86. The molecule has 1 aliphatic rings. The molecule has 0 atom stereocenters. The van der Waals surface area contributed by atoms with Gasteiger partial charge in [0, 0.05) is 38.8 Å². The Morgan fingerprint density at radius 3 is 2.57 bits per heavy atom. The van der Waals surface area contributed by atoms with E-state index in [-0.39, 0.29) is 5.91 Å². The number of halogens is 1. The quantitative estimate of drug-likeness (QED) is 0.927. The number of hydrogen-bond acceptors (Lipinski definition) is 4. The highest BCUT2D eigenvalue weighted by Gasteiger charge is 2.25. The van der Waals surface area contributed by atoms with Crippen molar-refractivity contribution in [3.05, 3.63) is 22.8 Å². The van der Waals surface area contributed by atoms with Gasteiger partial charge in [-0.2, -0.15) is 0 Å². The zero-order valence-corrected chi connectivity index (χ0v) is 13.7. The molecule has 1 fully saturated rings. The normalized spacial score (nSPS) is 16.3. The lowest BCUT2D eigenvalue weighted by Crippen LogP contribution is -2.50. The number of carbonyl (C=O) groups excluding carboxylic acids is 1. The molecular formula is C15H23ClN4O. The van der Waals surface area contributed by atoms with Gasteiger partial charge in [0.2, 0.25) is 0 Å². The Bertz CT molecular complexity index is 498. The van der Waals surface area contributed by atoms with E-state index >= 15 is 0 Å². The Kier molecular flexibility index (Phi) is 5.42. The molecule has 0 unspecified atom stereocenters. The average Bonchev–Trinajstić information content (AvgIpc) is 2.49. The maximum atomic E-state index is 12.6. The van der Waals surface area contributed by atoms with Gasteiger partial charge in [-0.05, 0) is 32.9 Å². The average molecular weight is 311 g/mol. The second-order valence-corrected chi connectivity index (χ2v) is 5.89. The summed E-state index contributed by atoms with van der Waals surface area (Å²) in [6.45, 7) is 10.3. The number of hydrogen-bond donors (Lipinski definition) is 1. The Balaban J connectivity index is 2.08. The van der Waals surface area contributed by atoms with Crippen molar-refractivity contribution in [1.29, 1.82) is 0 Å². The third-order valence-corrected chi connectivity index (χ3v) is 4.04. The van der Waals surface area contributed by atoms with Gasteiger partial charge in [-0.25, -0.2) is 4.98 Å². The smallest absolute Gasteiger partial charge is 0.274 e. The number of rotatable bonds is 4. The molecule has 1 N–H and O–H groups in total. The summed E-state index contributed by atoms with van der Waals surface area (Å²) in [7, 11) is 0. The minimum absolute atomic E-state index is 0.0804. The number of pyridine rings is 1. The number of amides is 1. The van der Waals surface area contributed by atoms with Crippen LogP contribution in [0.25, 0.3) is 0 Å². The van der Waals surface area contributed by atoms with E-state index in [1.807, 2.05) is 11.8 Å². The highest BCUT2D eigenvalue weighted by molar-refractivity contribution is 6.33. The lowest BCUT2D eigenvalue weighted by Gasteiger charge is -2.36. The van der Waals surface area contributed by atoms with Crippen molar-refractivity contribution in [2.75, 3.05) is 38.0 Å². The molecule has 0 bridgehead atoms. The number of aromatic nitrogens is 1. The molecule has 0 spiro atoms. The van der Waals surface area contributed by atoms with Crippen LogP contribution in [0.2, 0.25) is 5.02 Å². The topological polar surface area (TPSA) is 48.5 Å². The van der Waals surface area contributed by atoms with Crippen molar-refractivity contribution in [3.63, 3.8) is 0 Å². The molecule has 1 aromatic heterocycles. The lowest BCUT2D eigenvalue weighted by atomic mass is 10.2. The van der Waals surface area contributed by atoms with E-state index in [9.17, 15) is 4.79 Å². The van der Waals surface area contributed by atoms with E-state index in [1.165, 1.54) is 0 Å². The fraction of sp³-hybridized carbons (Fsp3) is 0.600. The molecule has 6 heteroatoms. The second-order valence-electron chi connectivity index (χ2n) is 5.48. The van der Waals surface area contributed by atoms with E-state index in [0.717, 1.165) is 32.7 Å². The van der Waals surface area contributed by atoms with Gasteiger partial charge in [-0.15, -0.1) is 0 Å². The van der Waals surface area contributed by atoms with Gasteiger partial charge in [-0.1, -0.05) is 11.6 Å². The van der Waals surface area contributed by atoms with Crippen LogP contribution in [-0.4, -0.2) is 59.5 Å². The van der Waals surface area contributed by atoms with Gasteiger partial charge < -0.3 is 10.2 Å². The Hall–Kier alpha value is -1.33. The molecule has 116 valence electrons. The molecule has 1 amide bonds. The van der Waals surface area contributed by atoms with Gasteiger partial charge in [-0.3, -0.25) is 9.69 Å². The predicted molar refractivity (Wildman–Crippen MR) is 86.0 cm³/mol. The van der Waals surface area contributed by atoms with Gasteiger partial charge in [0.25, 0.3) is 5.91 Å². The summed E-state index contributed by atoms with van der Waals surface area (Å²) in [6, 6.07) is 4.03. The standard InChI is InChI=1S/C15H23ClN4O/c1-4-17-13-6-5-12(16)14(18-13)15(21)20-9-7-19(8-10-20)11(2)3/h5-6,11H,4,7-10H2,1-3H3,(H,17,18). The summed E-state index contributed by atoms with van der Waals surface area (Å²) in [6.07, 6.45) is 0. The Morgan fingerprint density at radius 1 is 1.33 bits per heavy atom. The van der Waals surface area contributed by atoms with Crippen LogP contribution in [0.4, 0.5) is 5.82 Å². The van der Waals surface area contributed by atoms with Crippen molar-refractivity contribution in [3.8, 4) is 0 Å². The first-order chi connectivity index (χ1) is 10.0. The fourth-order valence-electron chi connectivity index (χ4n) is 2.46. The van der Waals surface area contributed by atoms with Crippen LogP contribution in [-0.2, 0) is 0 Å². The van der Waals surface area contributed by atoms with Crippen LogP contribution in [0.1, 0.15) is 31.3 Å². The third-order valence-electron chi connectivity index (χ3n) is 3.74. The number of carbonyl (C=O) groups is 1. The molecule has 2 rings (SSSR count). The molecule has 5 nitrogen and oxygen atoms in total. The van der Waals surface area contributed by atoms with Crippen LogP contribution in [0.3, 0.4) is 0 Å².